The van der Waals surface area contributed by atoms with E-state index < -0.39 is 5.41 Å². The van der Waals surface area contributed by atoms with Gasteiger partial charge in [0.1, 0.15) is 0 Å². The van der Waals surface area contributed by atoms with Gasteiger partial charge < -0.3 is 5.11 Å². The molecule has 1 heterocycles. The lowest BCUT2D eigenvalue weighted by Crippen LogP contribution is -2.26. The summed E-state index contributed by atoms with van der Waals surface area (Å²) in [4.78, 5) is 4.08. The first-order valence-electron chi connectivity index (χ1n) is 4.11. The highest BCUT2D eigenvalue weighted by molar-refractivity contribution is 5.72. The lowest BCUT2D eigenvalue weighted by Gasteiger charge is -2.21. The Bertz CT molecular complexity index is 257. The Balaban J connectivity index is 2.76. The standard InChI is InChI=1S/C10H13NO/c1-2-3-5-10(9-12)6-4-7-11-8-10/h4,6-7,12H,2,8-9H2,1H3. The molecule has 0 amide bonds. The molecule has 1 unspecified atom stereocenters. The van der Waals surface area contributed by atoms with Crippen molar-refractivity contribution in [1.82, 2.24) is 0 Å². The molecule has 0 fully saturated rings. The summed E-state index contributed by atoms with van der Waals surface area (Å²) in [6.07, 6.45) is 6.31. The minimum Gasteiger partial charge on any atom is -0.394 e. The molecular formula is C10H13NO. The fraction of sp³-hybridized carbons (Fsp3) is 0.500. The van der Waals surface area contributed by atoms with Crippen molar-refractivity contribution in [2.24, 2.45) is 10.4 Å². The van der Waals surface area contributed by atoms with Crippen molar-refractivity contribution in [1.29, 1.82) is 0 Å². The Labute approximate surface area is 73.0 Å². The van der Waals surface area contributed by atoms with Crippen molar-refractivity contribution in [3.05, 3.63) is 12.2 Å². The zero-order chi connectivity index (χ0) is 8.86. The monoisotopic (exact) mass is 163 g/mol. The first-order chi connectivity index (χ1) is 5.83. The number of aliphatic hydroxyl groups is 1. The van der Waals surface area contributed by atoms with E-state index in [1.807, 2.05) is 19.1 Å². The maximum absolute atomic E-state index is 9.14. The molecule has 0 aromatic rings. The van der Waals surface area contributed by atoms with Crippen molar-refractivity contribution < 1.29 is 5.11 Å². The summed E-state index contributed by atoms with van der Waals surface area (Å²) < 4.78 is 0. The second kappa shape index (κ2) is 4.08. The van der Waals surface area contributed by atoms with Crippen LogP contribution >= 0.6 is 0 Å². The van der Waals surface area contributed by atoms with E-state index in [1.54, 1.807) is 6.21 Å². The number of rotatable bonds is 1. The van der Waals surface area contributed by atoms with Crippen LogP contribution in [0.3, 0.4) is 0 Å². The number of nitrogens with zero attached hydrogens (tertiary/aromatic N) is 1. The zero-order valence-corrected chi connectivity index (χ0v) is 7.25. The molecule has 1 rings (SSSR count). The van der Waals surface area contributed by atoms with Crippen LogP contribution in [0.25, 0.3) is 0 Å². The molecule has 1 aliphatic heterocycles. The van der Waals surface area contributed by atoms with Gasteiger partial charge in [-0.15, -0.1) is 5.92 Å². The predicted octanol–water partition coefficient (Wildman–Crippen LogP) is 1.02. The van der Waals surface area contributed by atoms with Crippen molar-refractivity contribution in [3.63, 3.8) is 0 Å². The van der Waals surface area contributed by atoms with E-state index in [-0.39, 0.29) is 6.61 Å². The van der Waals surface area contributed by atoms with Gasteiger partial charge in [0.15, 0.2) is 0 Å². The number of aliphatic imine (C=N–C) groups is 1. The Morgan fingerprint density at radius 3 is 3.00 bits per heavy atom. The second-order valence-electron chi connectivity index (χ2n) is 2.82. The van der Waals surface area contributed by atoms with Gasteiger partial charge in [0.2, 0.25) is 0 Å². The third-order valence-corrected chi connectivity index (χ3v) is 1.78. The van der Waals surface area contributed by atoms with Crippen molar-refractivity contribution in [2.75, 3.05) is 13.2 Å². The Morgan fingerprint density at radius 1 is 1.67 bits per heavy atom. The molecule has 0 radical (unpaired) electrons. The normalized spacial score (nSPS) is 26.5. The molecule has 64 valence electrons. The molecule has 0 spiro atoms. The fourth-order valence-corrected chi connectivity index (χ4v) is 1.04. The zero-order valence-electron chi connectivity index (χ0n) is 7.25. The molecule has 0 saturated carbocycles. The highest BCUT2D eigenvalue weighted by Crippen LogP contribution is 2.19. The van der Waals surface area contributed by atoms with E-state index in [1.165, 1.54) is 0 Å². The van der Waals surface area contributed by atoms with E-state index in [0.29, 0.717) is 6.54 Å². The van der Waals surface area contributed by atoms with Crippen LogP contribution in [0.4, 0.5) is 0 Å². The quantitative estimate of drug-likeness (QED) is 0.575. The van der Waals surface area contributed by atoms with Crippen LogP contribution in [-0.4, -0.2) is 24.5 Å². The molecule has 0 saturated heterocycles. The molecule has 2 nitrogen and oxygen atoms in total. The maximum Gasteiger partial charge on any atom is 0.0922 e. The summed E-state index contributed by atoms with van der Waals surface area (Å²) in [6.45, 7) is 2.62. The predicted molar refractivity (Wildman–Crippen MR) is 50.1 cm³/mol. The minimum absolute atomic E-state index is 0.0494. The fourth-order valence-electron chi connectivity index (χ4n) is 1.04. The summed E-state index contributed by atoms with van der Waals surface area (Å²) in [7, 11) is 0. The Hall–Kier alpha value is -1.07. The summed E-state index contributed by atoms with van der Waals surface area (Å²) >= 11 is 0. The molecule has 2 heteroatoms. The van der Waals surface area contributed by atoms with E-state index in [4.69, 9.17) is 5.11 Å². The van der Waals surface area contributed by atoms with Crippen LogP contribution in [0.1, 0.15) is 13.3 Å². The SMILES string of the molecule is CCC#CC1(CO)C=CC=NC1. The topological polar surface area (TPSA) is 32.6 Å². The highest BCUT2D eigenvalue weighted by atomic mass is 16.3. The maximum atomic E-state index is 9.14. The average molecular weight is 163 g/mol. The lowest BCUT2D eigenvalue weighted by molar-refractivity contribution is 0.218. The average Bonchev–Trinajstić information content (AvgIpc) is 2.16. The summed E-state index contributed by atoms with van der Waals surface area (Å²) in [6, 6.07) is 0. The highest BCUT2D eigenvalue weighted by Gasteiger charge is 2.24. The van der Waals surface area contributed by atoms with Crippen molar-refractivity contribution in [2.45, 2.75) is 13.3 Å². The van der Waals surface area contributed by atoms with Crippen LogP contribution in [0.2, 0.25) is 0 Å². The van der Waals surface area contributed by atoms with Gasteiger partial charge in [0, 0.05) is 12.6 Å². The lowest BCUT2D eigenvalue weighted by atomic mass is 9.88. The van der Waals surface area contributed by atoms with Gasteiger partial charge in [-0.1, -0.05) is 18.9 Å². The number of hydrogen-bond donors (Lipinski definition) is 1. The molecule has 0 aromatic heterocycles. The van der Waals surface area contributed by atoms with Crippen molar-refractivity contribution in [3.8, 4) is 11.8 Å². The molecule has 1 aliphatic rings. The number of allylic oxidation sites excluding steroid dienone is 1. The van der Waals surface area contributed by atoms with E-state index in [9.17, 15) is 0 Å². The molecule has 12 heavy (non-hydrogen) atoms. The molecule has 0 aromatic carbocycles. The number of aliphatic hydroxyl groups excluding tert-OH is 1. The molecule has 0 bridgehead atoms. The summed E-state index contributed by atoms with van der Waals surface area (Å²) in [5, 5.41) is 9.14. The third kappa shape index (κ3) is 1.96. The molecule has 1 N–H and O–H groups in total. The first kappa shape index (κ1) is 9.02. The van der Waals surface area contributed by atoms with Crippen molar-refractivity contribution >= 4 is 6.21 Å². The summed E-state index contributed by atoms with van der Waals surface area (Å²) in [5.74, 6) is 6.01. The van der Waals surface area contributed by atoms with Crippen LogP contribution < -0.4 is 0 Å². The largest absolute Gasteiger partial charge is 0.394 e. The first-order valence-corrected chi connectivity index (χ1v) is 4.11. The van der Waals surface area contributed by atoms with Gasteiger partial charge in [-0.3, -0.25) is 4.99 Å². The van der Waals surface area contributed by atoms with E-state index >= 15 is 0 Å². The van der Waals surface area contributed by atoms with Gasteiger partial charge >= 0.3 is 0 Å². The Kier molecular flexibility index (Phi) is 3.07. The number of hydrogen-bond acceptors (Lipinski definition) is 2. The number of dihydropyridines is 1. The smallest absolute Gasteiger partial charge is 0.0922 e. The van der Waals surface area contributed by atoms with E-state index in [0.717, 1.165) is 6.42 Å². The summed E-state index contributed by atoms with van der Waals surface area (Å²) in [5.41, 5.74) is -0.412. The molecular weight excluding hydrogens is 150 g/mol. The van der Waals surface area contributed by atoms with Crippen LogP contribution in [0.5, 0.6) is 0 Å². The molecule has 0 aliphatic carbocycles. The van der Waals surface area contributed by atoms with Gasteiger partial charge in [0.25, 0.3) is 0 Å². The van der Waals surface area contributed by atoms with Crippen LogP contribution in [0, 0.1) is 17.3 Å². The van der Waals surface area contributed by atoms with E-state index in [2.05, 4.69) is 16.8 Å². The van der Waals surface area contributed by atoms with Crippen LogP contribution in [0.15, 0.2) is 17.1 Å². The Morgan fingerprint density at radius 2 is 2.50 bits per heavy atom. The third-order valence-electron chi connectivity index (χ3n) is 1.78. The van der Waals surface area contributed by atoms with Crippen LogP contribution in [-0.2, 0) is 0 Å². The van der Waals surface area contributed by atoms with Gasteiger partial charge in [0.05, 0.1) is 18.6 Å². The van der Waals surface area contributed by atoms with Gasteiger partial charge in [-0.25, -0.2) is 0 Å². The van der Waals surface area contributed by atoms with Gasteiger partial charge in [-0.05, 0) is 6.08 Å². The minimum atomic E-state index is -0.412. The van der Waals surface area contributed by atoms with Gasteiger partial charge in [-0.2, -0.15) is 0 Å². The second-order valence-corrected chi connectivity index (χ2v) is 2.82. The molecule has 1 atom stereocenters.